The highest BCUT2D eigenvalue weighted by Gasteiger charge is 2.00. The first kappa shape index (κ1) is 10.3. The molecule has 0 bridgehead atoms. The normalized spacial score (nSPS) is 8.57. The van der Waals surface area contributed by atoms with Gasteiger partial charge in [0.1, 0.15) is 4.88 Å². The Bertz CT molecular complexity index is 335. The third-order valence-electron chi connectivity index (χ3n) is 1.21. The first-order valence-electron chi connectivity index (χ1n) is 3.77. The molecule has 5 heteroatoms. The van der Waals surface area contributed by atoms with Crippen LogP contribution in [0.1, 0.15) is 9.67 Å². The summed E-state index contributed by atoms with van der Waals surface area (Å²) in [6.07, 6.45) is 4.83. The molecule has 0 aromatic carbocycles. The zero-order chi connectivity index (χ0) is 10.2. The summed E-state index contributed by atoms with van der Waals surface area (Å²) in [5, 5.41) is 8.24. The van der Waals surface area contributed by atoms with Gasteiger partial charge in [-0.2, -0.15) is 0 Å². The van der Waals surface area contributed by atoms with Crippen molar-refractivity contribution >= 4 is 17.3 Å². The molecule has 0 saturated heterocycles. The smallest absolute Gasteiger partial charge is 0.347 e. The van der Waals surface area contributed by atoms with E-state index in [1.54, 1.807) is 12.4 Å². The molecule has 0 spiro atoms. The van der Waals surface area contributed by atoms with Crippen LogP contribution in [0.2, 0.25) is 0 Å². The summed E-state index contributed by atoms with van der Waals surface area (Å²) in [5.74, 6) is -0.910. The lowest BCUT2D eigenvalue weighted by molar-refractivity contribution is 0.0702. The van der Waals surface area contributed by atoms with Crippen LogP contribution >= 0.6 is 11.3 Å². The maximum atomic E-state index is 10.0. The monoisotopic (exact) mass is 208 g/mol. The Morgan fingerprint density at radius 1 is 1.21 bits per heavy atom. The van der Waals surface area contributed by atoms with Crippen LogP contribution < -0.4 is 0 Å². The minimum Gasteiger partial charge on any atom is -0.477 e. The Hall–Kier alpha value is -1.75. The minimum absolute atomic E-state index is 0.282. The Balaban J connectivity index is 0.000000146. The fourth-order valence-corrected chi connectivity index (χ4v) is 1.09. The number of thiazole rings is 1. The Kier molecular flexibility index (Phi) is 4.30. The molecule has 0 radical (unpaired) electrons. The van der Waals surface area contributed by atoms with Crippen molar-refractivity contribution in [2.24, 2.45) is 0 Å². The van der Waals surface area contributed by atoms with Gasteiger partial charge in [0, 0.05) is 12.4 Å². The maximum Gasteiger partial charge on any atom is 0.347 e. The highest BCUT2D eigenvalue weighted by molar-refractivity contribution is 7.11. The van der Waals surface area contributed by atoms with Gasteiger partial charge < -0.3 is 5.11 Å². The van der Waals surface area contributed by atoms with Crippen molar-refractivity contribution in [2.75, 3.05) is 0 Å². The second-order valence-corrected chi connectivity index (χ2v) is 3.08. The Labute approximate surface area is 84.9 Å². The SMILES string of the molecule is O=C(O)c1cncs1.c1ccncc1. The molecule has 14 heavy (non-hydrogen) atoms. The fourth-order valence-electron chi connectivity index (χ4n) is 0.634. The highest BCUT2D eigenvalue weighted by Crippen LogP contribution is 2.03. The number of rotatable bonds is 1. The van der Waals surface area contributed by atoms with Gasteiger partial charge in [0.05, 0.1) is 11.7 Å². The number of hydrogen-bond donors (Lipinski definition) is 1. The third-order valence-corrected chi connectivity index (χ3v) is 1.97. The van der Waals surface area contributed by atoms with Crippen LogP contribution in [-0.2, 0) is 0 Å². The third kappa shape index (κ3) is 3.77. The van der Waals surface area contributed by atoms with Gasteiger partial charge in [-0.3, -0.25) is 9.97 Å². The van der Waals surface area contributed by atoms with Gasteiger partial charge in [0.15, 0.2) is 0 Å². The van der Waals surface area contributed by atoms with E-state index in [4.69, 9.17) is 5.11 Å². The van der Waals surface area contributed by atoms with E-state index in [1.165, 1.54) is 11.7 Å². The topological polar surface area (TPSA) is 63.1 Å². The van der Waals surface area contributed by atoms with E-state index in [-0.39, 0.29) is 4.88 Å². The molecule has 2 rings (SSSR count). The quantitative estimate of drug-likeness (QED) is 0.777. The number of carbonyl (C=O) groups is 1. The molecule has 1 N–H and O–H groups in total. The predicted octanol–water partition coefficient (Wildman–Crippen LogP) is 1.92. The summed E-state index contributed by atoms with van der Waals surface area (Å²) in [4.78, 5) is 17.7. The van der Waals surface area contributed by atoms with Gasteiger partial charge in [-0.05, 0) is 12.1 Å². The molecule has 0 fully saturated rings. The lowest BCUT2D eigenvalue weighted by atomic mass is 10.5. The van der Waals surface area contributed by atoms with Crippen LogP contribution in [0, 0.1) is 0 Å². The molecule has 0 aliphatic carbocycles. The van der Waals surface area contributed by atoms with E-state index in [9.17, 15) is 4.79 Å². The second kappa shape index (κ2) is 5.82. The fraction of sp³-hybridized carbons (Fsp3) is 0. The average molecular weight is 208 g/mol. The Morgan fingerprint density at radius 3 is 2.14 bits per heavy atom. The molecule has 0 aliphatic heterocycles. The van der Waals surface area contributed by atoms with Gasteiger partial charge >= 0.3 is 5.97 Å². The standard InChI is InChI=1S/C5H5N.C4H3NO2S/c1-2-4-6-5-3-1;6-4(7)3-1-5-2-8-3/h1-5H;1-2H,(H,6,7). The first-order chi connectivity index (χ1) is 6.80. The van der Waals surface area contributed by atoms with Crippen molar-refractivity contribution in [2.45, 2.75) is 0 Å². The second-order valence-electron chi connectivity index (χ2n) is 2.20. The van der Waals surface area contributed by atoms with Gasteiger partial charge in [0.25, 0.3) is 0 Å². The maximum absolute atomic E-state index is 10.0. The summed E-state index contributed by atoms with van der Waals surface area (Å²) in [6, 6.07) is 5.72. The van der Waals surface area contributed by atoms with Crippen molar-refractivity contribution in [3.05, 3.63) is 47.2 Å². The van der Waals surface area contributed by atoms with Crippen molar-refractivity contribution in [1.29, 1.82) is 0 Å². The molecule has 0 unspecified atom stereocenters. The van der Waals surface area contributed by atoms with E-state index in [1.807, 2.05) is 18.2 Å². The number of hydrogen-bond acceptors (Lipinski definition) is 4. The molecule has 0 atom stereocenters. The minimum atomic E-state index is -0.910. The number of pyridine rings is 1. The van der Waals surface area contributed by atoms with Crippen molar-refractivity contribution < 1.29 is 9.90 Å². The van der Waals surface area contributed by atoms with Crippen molar-refractivity contribution in [1.82, 2.24) is 9.97 Å². The van der Waals surface area contributed by atoms with Gasteiger partial charge in [0.2, 0.25) is 0 Å². The first-order valence-corrected chi connectivity index (χ1v) is 4.65. The van der Waals surface area contributed by atoms with E-state index in [0.717, 1.165) is 11.3 Å². The molecule has 2 aromatic rings. The number of carboxylic acids is 1. The van der Waals surface area contributed by atoms with Crippen LogP contribution in [0.5, 0.6) is 0 Å². The van der Waals surface area contributed by atoms with E-state index in [0.29, 0.717) is 0 Å². The molecule has 0 amide bonds. The van der Waals surface area contributed by atoms with Gasteiger partial charge in [-0.15, -0.1) is 11.3 Å². The average Bonchev–Trinajstić information content (AvgIpc) is 2.74. The Morgan fingerprint density at radius 2 is 1.93 bits per heavy atom. The number of aromatic carboxylic acids is 1. The largest absolute Gasteiger partial charge is 0.477 e. The summed E-state index contributed by atoms with van der Waals surface area (Å²) < 4.78 is 0. The lowest BCUT2D eigenvalue weighted by Crippen LogP contribution is -1.89. The molecular weight excluding hydrogens is 200 g/mol. The van der Waals surface area contributed by atoms with Crippen LogP contribution in [0.4, 0.5) is 0 Å². The zero-order valence-electron chi connectivity index (χ0n) is 7.20. The molecule has 72 valence electrons. The van der Waals surface area contributed by atoms with Crippen LogP contribution in [0.15, 0.2) is 42.3 Å². The van der Waals surface area contributed by atoms with Crippen LogP contribution in [-0.4, -0.2) is 21.0 Å². The molecule has 2 heterocycles. The van der Waals surface area contributed by atoms with E-state index >= 15 is 0 Å². The summed E-state index contributed by atoms with van der Waals surface area (Å²) >= 11 is 1.12. The molecule has 0 aliphatic rings. The summed E-state index contributed by atoms with van der Waals surface area (Å²) in [6.45, 7) is 0. The molecule has 0 saturated carbocycles. The summed E-state index contributed by atoms with van der Waals surface area (Å²) in [5.41, 5.74) is 1.49. The number of aromatic nitrogens is 2. The van der Waals surface area contributed by atoms with E-state index in [2.05, 4.69) is 9.97 Å². The van der Waals surface area contributed by atoms with Crippen LogP contribution in [0.25, 0.3) is 0 Å². The van der Waals surface area contributed by atoms with E-state index < -0.39 is 5.97 Å². The van der Waals surface area contributed by atoms with Crippen LogP contribution in [0.3, 0.4) is 0 Å². The molecule has 4 nitrogen and oxygen atoms in total. The number of nitrogens with zero attached hydrogens (tertiary/aromatic N) is 2. The zero-order valence-corrected chi connectivity index (χ0v) is 8.02. The summed E-state index contributed by atoms with van der Waals surface area (Å²) in [7, 11) is 0. The van der Waals surface area contributed by atoms with Crippen molar-refractivity contribution in [3.8, 4) is 0 Å². The van der Waals surface area contributed by atoms with Crippen molar-refractivity contribution in [3.63, 3.8) is 0 Å². The molecule has 2 aromatic heterocycles. The number of carboxylic acid groups (broad SMARTS) is 1. The van der Waals surface area contributed by atoms with Gasteiger partial charge in [-0.1, -0.05) is 6.07 Å². The lowest BCUT2D eigenvalue weighted by Gasteiger charge is -1.77. The highest BCUT2D eigenvalue weighted by atomic mass is 32.1. The van der Waals surface area contributed by atoms with Gasteiger partial charge in [-0.25, -0.2) is 4.79 Å². The predicted molar refractivity (Wildman–Crippen MR) is 53.3 cm³/mol. The molecular formula is C9H8N2O2S.